The molecule has 0 aromatic heterocycles. The summed E-state index contributed by atoms with van der Waals surface area (Å²) in [5.41, 5.74) is 0.759. The first-order valence-corrected chi connectivity index (χ1v) is 13.5. The molecule has 3 heteroatoms. The standard InChI is InChI=1S/C14H34OSi2/c1-10-13(4)17(9,12-3)15-14(5,11-2)16(6,7)8/h13H,10-12H2,1-9H3/t13-,14+,17?/m1/s1. The highest BCUT2D eigenvalue weighted by atomic mass is 28.4. The molecule has 0 rings (SSSR count). The maximum absolute atomic E-state index is 6.84. The molecule has 0 aliphatic heterocycles. The van der Waals surface area contributed by atoms with E-state index in [1.54, 1.807) is 0 Å². The molecule has 0 radical (unpaired) electrons. The summed E-state index contributed by atoms with van der Waals surface area (Å²) < 4.78 is 6.84. The quantitative estimate of drug-likeness (QED) is 0.561. The first-order chi connectivity index (χ1) is 7.56. The van der Waals surface area contributed by atoms with Crippen LogP contribution >= 0.6 is 0 Å². The third-order valence-electron chi connectivity index (χ3n) is 5.08. The van der Waals surface area contributed by atoms with Gasteiger partial charge in [-0.25, -0.2) is 0 Å². The molecule has 0 bridgehead atoms. The van der Waals surface area contributed by atoms with Crippen molar-refractivity contribution in [1.29, 1.82) is 0 Å². The van der Waals surface area contributed by atoms with Crippen molar-refractivity contribution in [3.8, 4) is 0 Å². The van der Waals surface area contributed by atoms with Crippen LogP contribution in [0.15, 0.2) is 0 Å². The van der Waals surface area contributed by atoms with Crippen LogP contribution in [0.25, 0.3) is 0 Å². The van der Waals surface area contributed by atoms with E-state index >= 15 is 0 Å². The molecular weight excluding hydrogens is 240 g/mol. The van der Waals surface area contributed by atoms with Gasteiger partial charge in [-0.3, -0.25) is 0 Å². The van der Waals surface area contributed by atoms with Gasteiger partial charge in [0.05, 0.1) is 8.07 Å². The molecule has 1 unspecified atom stereocenters. The van der Waals surface area contributed by atoms with Crippen LogP contribution in [-0.4, -0.2) is 21.6 Å². The van der Waals surface area contributed by atoms with Gasteiger partial charge in [0.25, 0.3) is 0 Å². The van der Waals surface area contributed by atoms with E-state index in [2.05, 4.69) is 60.8 Å². The van der Waals surface area contributed by atoms with Crippen molar-refractivity contribution in [2.45, 2.75) is 90.5 Å². The van der Waals surface area contributed by atoms with Crippen LogP contribution in [0.5, 0.6) is 0 Å². The molecule has 0 heterocycles. The second-order valence-electron chi connectivity index (χ2n) is 6.91. The first kappa shape index (κ1) is 17.4. The summed E-state index contributed by atoms with van der Waals surface area (Å²) in [6.45, 7) is 21.4. The number of hydrogen-bond donors (Lipinski definition) is 0. The van der Waals surface area contributed by atoms with Crippen molar-refractivity contribution in [3.63, 3.8) is 0 Å². The normalized spacial score (nSPS) is 21.7. The van der Waals surface area contributed by atoms with Crippen LogP contribution in [0.4, 0.5) is 0 Å². The zero-order chi connectivity index (χ0) is 13.9. The molecular formula is C14H34OSi2. The average Bonchev–Trinajstić information content (AvgIpc) is 2.25. The van der Waals surface area contributed by atoms with E-state index in [0.717, 1.165) is 12.0 Å². The van der Waals surface area contributed by atoms with Crippen LogP contribution in [-0.2, 0) is 4.43 Å². The highest BCUT2D eigenvalue weighted by molar-refractivity contribution is 6.81. The van der Waals surface area contributed by atoms with Crippen LogP contribution in [0.3, 0.4) is 0 Å². The van der Waals surface area contributed by atoms with Gasteiger partial charge in [-0.15, -0.1) is 0 Å². The molecule has 0 spiro atoms. The third-order valence-corrected chi connectivity index (χ3v) is 13.7. The maximum atomic E-state index is 6.84. The third kappa shape index (κ3) is 3.93. The Morgan fingerprint density at radius 3 is 1.76 bits per heavy atom. The van der Waals surface area contributed by atoms with Crippen LogP contribution in [0.2, 0.25) is 37.8 Å². The molecule has 0 aliphatic carbocycles. The molecule has 0 saturated heterocycles. The van der Waals surface area contributed by atoms with Gasteiger partial charge in [0, 0.05) is 5.22 Å². The lowest BCUT2D eigenvalue weighted by Gasteiger charge is -2.48. The van der Waals surface area contributed by atoms with Crippen molar-refractivity contribution in [2.24, 2.45) is 0 Å². The minimum atomic E-state index is -1.56. The summed E-state index contributed by atoms with van der Waals surface area (Å²) in [5, 5.41) is 0.146. The van der Waals surface area contributed by atoms with E-state index in [4.69, 9.17) is 4.43 Å². The van der Waals surface area contributed by atoms with Gasteiger partial charge in [-0.05, 0) is 31.5 Å². The first-order valence-electron chi connectivity index (χ1n) is 7.26. The zero-order valence-electron chi connectivity index (χ0n) is 13.6. The molecule has 3 atom stereocenters. The summed E-state index contributed by atoms with van der Waals surface area (Å²) >= 11 is 0. The van der Waals surface area contributed by atoms with E-state index in [-0.39, 0.29) is 5.22 Å². The Balaban J connectivity index is 5.11. The van der Waals surface area contributed by atoms with Crippen molar-refractivity contribution < 1.29 is 4.43 Å². The molecule has 0 aromatic carbocycles. The minimum Gasteiger partial charge on any atom is -0.414 e. The van der Waals surface area contributed by atoms with Gasteiger partial charge < -0.3 is 4.43 Å². The molecule has 0 aromatic rings. The maximum Gasteiger partial charge on any atom is 0.192 e. The lowest BCUT2D eigenvalue weighted by Crippen LogP contribution is -2.58. The Hall–Kier alpha value is 0.394. The van der Waals surface area contributed by atoms with Gasteiger partial charge >= 0.3 is 0 Å². The molecule has 0 amide bonds. The fraction of sp³-hybridized carbons (Fsp3) is 1.00. The average molecular weight is 275 g/mol. The summed E-state index contributed by atoms with van der Waals surface area (Å²) in [5.74, 6) is 0. The molecule has 17 heavy (non-hydrogen) atoms. The van der Waals surface area contributed by atoms with Crippen molar-refractivity contribution >= 4 is 16.4 Å². The van der Waals surface area contributed by atoms with Crippen LogP contribution < -0.4 is 0 Å². The molecule has 0 N–H and O–H groups in total. The molecule has 0 aliphatic rings. The monoisotopic (exact) mass is 274 g/mol. The topological polar surface area (TPSA) is 9.23 Å². The molecule has 0 fully saturated rings. The fourth-order valence-electron chi connectivity index (χ4n) is 2.22. The van der Waals surface area contributed by atoms with E-state index in [1.807, 2.05) is 0 Å². The summed E-state index contributed by atoms with van der Waals surface area (Å²) in [6.07, 6.45) is 2.41. The highest BCUT2D eigenvalue weighted by Gasteiger charge is 2.45. The van der Waals surface area contributed by atoms with E-state index in [0.29, 0.717) is 0 Å². The SMILES string of the molecule is CC[C@@H](C)[Si](C)(CC)O[C@](C)(CC)[Si](C)(C)C. The minimum absolute atomic E-state index is 0.146. The number of hydrogen-bond acceptors (Lipinski definition) is 1. The summed E-state index contributed by atoms with van der Waals surface area (Å²) in [6, 6.07) is 1.24. The lowest BCUT2D eigenvalue weighted by molar-refractivity contribution is 0.142. The fourth-order valence-corrected chi connectivity index (χ4v) is 8.29. The Labute approximate surface area is 111 Å². The van der Waals surface area contributed by atoms with Crippen LogP contribution in [0, 0.1) is 0 Å². The Bertz CT molecular complexity index is 237. The Kier molecular flexibility index (Phi) is 6.16. The van der Waals surface area contributed by atoms with Gasteiger partial charge in [0.1, 0.15) is 0 Å². The predicted octanol–water partition coefficient (Wildman–Crippen LogP) is 5.44. The molecule has 0 saturated carbocycles. The van der Waals surface area contributed by atoms with Crippen LogP contribution in [0.1, 0.15) is 47.5 Å². The molecule has 104 valence electrons. The van der Waals surface area contributed by atoms with E-state index in [1.165, 1.54) is 12.5 Å². The molecule has 1 nitrogen and oxygen atoms in total. The Morgan fingerprint density at radius 2 is 1.53 bits per heavy atom. The van der Waals surface area contributed by atoms with Gasteiger partial charge in [0.15, 0.2) is 8.32 Å². The summed E-state index contributed by atoms with van der Waals surface area (Å²) in [7, 11) is -2.84. The zero-order valence-corrected chi connectivity index (χ0v) is 15.6. The second kappa shape index (κ2) is 6.02. The van der Waals surface area contributed by atoms with Crippen molar-refractivity contribution in [1.82, 2.24) is 0 Å². The van der Waals surface area contributed by atoms with Crippen molar-refractivity contribution in [2.75, 3.05) is 0 Å². The van der Waals surface area contributed by atoms with E-state index in [9.17, 15) is 0 Å². The van der Waals surface area contributed by atoms with Gasteiger partial charge in [0.2, 0.25) is 0 Å². The highest BCUT2D eigenvalue weighted by Crippen LogP contribution is 2.38. The van der Waals surface area contributed by atoms with Crippen molar-refractivity contribution in [3.05, 3.63) is 0 Å². The largest absolute Gasteiger partial charge is 0.414 e. The van der Waals surface area contributed by atoms with E-state index < -0.39 is 16.4 Å². The predicted molar refractivity (Wildman–Crippen MR) is 84.9 cm³/mol. The summed E-state index contributed by atoms with van der Waals surface area (Å²) in [4.78, 5) is 0. The number of rotatable bonds is 7. The Morgan fingerprint density at radius 1 is 1.06 bits per heavy atom. The second-order valence-corrected chi connectivity index (χ2v) is 17.0. The van der Waals surface area contributed by atoms with Gasteiger partial charge in [-0.1, -0.05) is 53.8 Å². The smallest absolute Gasteiger partial charge is 0.192 e. The lowest BCUT2D eigenvalue weighted by atomic mass is 10.3. The van der Waals surface area contributed by atoms with Gasteiger partial charge in [-0.2, -0.15) is 0 Å².